The van der Waals surface area contributed by atoms with Crippen molar-refractivity contribution < 1.29 is 37.0 Å². The molecule has 0 spiro atoms. The molecule has 2 heterocycles. The Hall–Kier alpha value is -4.28. The summed E-state index contributed by atoms with van der Waals surface area (Å²) >= 11 is 0. The highest BCUT2D eigenvalue weighted by molar-refractivity contribution is 5.84. The molecular weight excluding hydrogens is 539 g/mol. The van der Waals surface area contributed by atoms with Crippen molar-refractivity contribution in [1.82, 2.24) is 4.90 Å². The number of amides is 1. The van der Waals surface area contributed by atoms with E-state index in [1.807, 2.05) is 30.1 Å². The number of esters is 1. The van der Waals surface area contributed by atoms with Crippen LogP contribution < -0.4 is 14.4 Å². The fourth-order valence-electron chi connectivity index (χ4n) is 4.85. The Bertz CT molecular complexity index is 1360. The number of pyridine rings is 1. The van der Waals surface area contributed by atoms with E-state index in [2.05, 4.69) is 0 Å². The van der Waals surface area contributed by atoms with Crippen molar-refractivity contribution in [2.24, 2.45) is 5.92 Å². The van der Waals surface area contributed by atoms with Gasteiger partial charge in [-0.25, -0.2) is 4.73 Å². The first-order valence-corrected chi connectivity index (χ1v) is 13.2. The topological polar surface area (TPSA) is 86.0 Å². The molecule has 0 N–H and O–H groups in total. The van der Waals surface area contributed by atoms with Gasteiger partial charge in [0, 0.05) is 25.6 Å². The van der Waals surface area contributed by atoms with E-state index in [1.165, 1.54) is 25.4 Å². The van der Waals surface area contributed by atoms with Gasteiger partial charge in [0.2, 0.25) is 5.91 Å². The Morgan fingerprint density at radius 2 is 1.88 bits per heavy atom. The van der Waals surface area contributed by atoms with Crippen LogP contribution in [0.3, 0.4) is 0 Å². The third kappa shape index (κ3) is 7.68. The van der Waals surface area contributed by atoms with Gasteiger partial charge >= 0.3 is 12.1 Å². The van der Waals surface area contributed by atoms with E-state index in [4.69, 9.17) is 9.47 Å². The molecule has 0 aliphatic carbocycles. The van der Waals surface area contributed by atoms with Crippen LogP contribution in [-0.2, 0) is 40.0 Å². The lowest BCUT2D eigenvalue weighted by Gasteiger charge is -2.24. The third-order valence-corrected chi connectivity index (χ3v) is 7.06. The molecule has 0 bridgehead atoms. The summed E-state index contributed by atoms with van der Waals surface area (Å²) in [6.45, 7) is 1.30. The van der Waals surface area contributed by atoms with Gasteiger partial charge in [0.15, 0.2) is 0 Å². The van der Waals surface area contributed by atoms with E-state index >= 15 is 0 Å². The Balaban J connectivity index is 1.46. The van der Waals surface area contributed by atoms with Crippen LogP contribution in [0.15, 0.2) is 66.9 Å². The van der Waals surface area contributed by atoms with Crippen LogP contribution in [0.2, 0.25) is 0 Å². The molecule has 1 amide bonds. The van der Waals surface area contributed by atoms with Gasteiger partial charge < -0.3 is 19.6 Å². The minimum atomic E-state index is -4.45. The summed E-state index contributed by atoms with van der Waals surface area (Å²) in [6, 6.07) is 15.5. The summed E-state index contributed by atoms with van der Waals surface area (Å²) in [7, 11) is 3.09. The van der Waals surface area contributed by atoms with Gasteiger partial charge in [-0.05, 0) is 53.4 Å². The molecule has 4 rings (SSSR count). The van der Waals surface area contributed by atoms with Gasteiger partial charge in [-0.3, -0.25) is 14.5 Å². The van der Waals surface area contributed by atoms with E-state index in [9.17, 15) is 28.0 Å². The summed E-state index contributed by atoms with van der Waals surface area (Å²) in [6.07, 6.45) is -2.13. The van der Waals surface area contributed by atoms with Crippen molar-refractivity contribution in [3.8, 4) is 5.75 Å². The van der Waals surface area contributed by atoms with Crippen molar-refractivity contribution in [1.29, 1.82) is 0 Å². The van der Waals surface area contributed by atoms with Crippen LogP contribution in [0.1, 0.15) is 35.1 Å². The summed E-state index contributed by atoms with van der Waals surface area (Å²) in [4.78, 5) is 28.9. The number of alkyl halides is 3. The monoisotopic (exact) mass is 571 g/mol. The van der Waals surface area contributed by atoms with Gasteiger partial charge in [0.1, 0.15) is 5.75 Å². The van der Waals surface area contributed by atoms with Crippen molar-refractivity contribution in [3.05, 3.63) is 94.3 Å². The lowest BCUT2D eigenvalue weighted by atomic mass is 9.94. The molecule has 218 valence electrons. The number of fused-ring (bicyclic) bond motifs is 1. The molecule has 8 nitrogen and oxygen atoms in total. The molecular formula is C30H32F3N3O5. The number of carbonyl (C=O) groups is 2. The average Bonchev–Trinajstić information content (AvgIpc) is 3.06. The number of hydrogen-bond acceptors (Lipinski definition) is 6. The average molecular weight is 572 g/mol. The molecule has 1 atom stereocenters. The maximum atomic E-state index is 13.5. The smallest absolute Gasteiger partial charge is 0.416 e. The number of halogens is 3. The summed E-state index contributed by atoms with van der Waals surface area (Å²) < 4.78 is 50.6. The van der Waals surface area contributed by atoms with Crippen molar-refractivity contribution in [2.45, 2.75) is 38.5 Å². The largest absolute Gasteiger partial charge is 0.711 e. The minimum Gasteiger partial charge on any atom is -0.711 e. The molecule has 0 fully saturated rings. The zero-order valence-corrected chi connectivity index (χ0v) is 22.9. The predicted octanol–water partition coefficient (Wildman–Crippen LogP) is 4.51. The number of anilines is 1. The zero-order valence-electron chi connectivity index (χ0n) is 22.9. The predicted molar refractivity (Wildman–Crippen MR) is 145 cm³/mol. The lowest BCUT2D eigenvalue weighted by molar-refractivity contribution is -0.592. The second kappa shape index (κ2) is 12.9. The minimum absolute atomic E-state index is 0.0880. The first-order chi connectivity index (χ1) is 19.5. The normalized spacial score (nSPS) is 15.2. The van der Waals surface area contributed by atoms with Crippen molar-refractivity contribution >= 4 is 17.7 Å². The van der Waals surface area contributed by atoms with Crippen molar-refractivity contribution in [2.75, 3.05) is 32.2 Å². The number of benzene rings is 2. The van der Waals surface area contributed by atoms with Crippen LogP contribution in [0.4, 0.5) is 19.0 Å². The van der Waals surface area contributed by atoms with Gasteiger partial charge in [-0.2, -0.15) is 13.2 Å². The molecule has 11 heteroatoms. The van der Waals surface area contributed by atoms with Crippen LogP contribution in [-0.4, -0.2) is 44.1 Å². The van der Waals surface area contributed by atoms with Gasteiger partial charge in [0.05, 0.1) is 51.4 Å². The second-order valence-electron chi connectivity index (χ2n) is 10.0. The number of carbonyl (C=O) groups excluding carboxylic acids is 2. The molecule has 1 unspecified atom stereocenters. The van der Waals surface area contributed by atoms with Crippen LogP contribution in [0, 0.1) is 11.1 Å². The fourth-order valence-corrected chi connectivity index (χ4v) is 4.85. The summed E-state index contributed by atoms with van der Waals surface area (Å²) in [5, 5.41) is 11.9. The van der Waals surface area contributed by atoms with E-state index in [0.717, 1.165) is 28.0 Å². The second-order valence-corrected chi connectivity index (χ2v) is 10.0. The maximum absolute atomic E-state index is 13.5. The number of rotatable bonds is 10. The molecule has 1 aliphatic rings. The van der Waals surface area contributed by atoms with E-state index in [0.29, 0.717) is 43.1 Å². The molecule has 1 aromatic heterocycles. The fraction of sp³-hybridized carbons (Fsp3) is 0.367. The number of nitrogens with zero attached hydrogens (tertiary/aromatic N) is 3. The Morgan fingerprint density at radius 3 is 2.56 bits per heavy atom. The quantitative estimate of drug-likeness (QED) is 0.154. The third-order valence-electron chi connectivity index (χ3n) is 7.06. The molecule has 1 aliphatic heterocycles. The molecule has 3 aromatic rings. The SMILES string of the molecule is COC(=O)CC1Cc2ccc(OCCCN(C)c3cccc[n+]3[O-])cc2CN(Cc2ccc(C(F)(F)F)cc2)C1=O. The molecule has 41 heavy (non-hydrogen) atoms. The maximum Gasteiger partial charge on any atom is 0.416 e. The lowest BCUT2D eigenvalue weighted by Crippen LogP contribution is -2.36. The molecule has 2 aromatic carbocycles. The Labute approximate surface area is 236 Å². The van der Waals surface area contributed by atoms with Gasteiger partial charge in [-0.1, -0.05) is 24.3 Å². The molecule has 0 saturated heterocycles. The van der Waals surface area contributed by atoms with E-state index in [-0.39, 0.29) is 25.4 Å². The number of aromatic nitrogens is 1. The summed E-state index contributed by atoms with van der Waals surface area (Å²) in [5.41, 5.74) is 1.50. The number of ether oxygens (including phenoxy) is 2. The zero-order chi connectivity index (χ0) is 29.6. The van der Waals surface area contributed by atoms with Gasteiger partial charge in [-0.15, -0.1) is 0 Å². The van der Waals surface area contributed by atoms with Gasteiger partial charge in [0.25, 0.3) is 5.82 Å². The molecule has 0 radical (unpaired) electrons. The number of hydrogen-bond donors (Lipinski definition) is 0. The van der Waals surface area contributed by atoms with Crippen LogP contribution in [0.25, 0.3) is 0 Å². The Kier molecular flexibility index (Phi) is 9.36. The first-order valence-electron chi connectivity index (χ1n) is 13.2. The first kappa shape index (κ1) is 29.7. The highest BCUT2D eigenvalue weighted by atomic mass is 19.4. The highest BCUT2D eigenvalue weighted by Crippen LogP contribution is 2.31. The number of methoxy groups -OCH3 is 1. The Morgan fingerprint density at radius 1 is 1.12 bits per heavy atom. The highest BCUT2D eigenvalue weighted by Gasteiger charge is 2.33. The standard InChI is InChI=1S/C30H32F3N3O5/c1-34(27-6-3-4-14-36(27)39)13-5-15-41-26-12-9-22-16-23(18-28(37)40-2)29(38)35(20-24(22)17-26)19-21-7-10-25(11-8-21)30(31,32)33/h3-4,6-12,14,17,23H,5,13,15-16,18-20H2,1-2H3. The molecule has 0 saturated carbocycles. The van der Waals surface area contributed by atoms with E-state index in [1.54, 1.807) is 23.1 Å². The van der Waals surface area contributed by atoms with Crippen molar-refractivity contribution in [3.63, 3.8) is 0 Å². The van der Waals surface area contributed by atoms with Crippen LogP contribution >= 0.6 is 0 Å². The van der Waals surface area contributed by atoms with Crippen LogP contribution in [0.5, 0.6) is 5.75 Å². The summed E-state index contributed by atoms with van der Waals surface area (Å²) in [5.74, 6) is -0.296. The van der Waals surface area contributed by atoms with E-state index < -0.39 is 23.6 Å².